The predicted molar refractivity (Wildman–Crippen MR) is 137 cm³/mol. The average Bonchev–Trinajstić information content (AvgIpc) is 2.86. The third-order valence-electron chi connectivity index (χ3n) is 7.61. The Morgan fingerprint density at radius 2 is 1.64 bits per heavy atom. The number of rotatable bonds is 10. The lowest BCUT2D eigenvalue weighted by molar-refractivity contribution is 0.173. The predicted octanol–water partition coefficient (Wildman–Crippen LogP) is 6.10. The van der Waals surface area contributed by atoms with Gasteiger partial charge in [0.05, 0.1) is 19.3 Å². The van der Waals surface area contributed by atoms with Gasteiger partial charge in [-0.1, -0.05) is 88.6 Å². The fourth-order valence-electron chi connectivity index (χ4n) is 5.26. The molecule has 3 nitrogen and oxygen atoms in total. The van der Waals surface area contributed by atoms with Crippen molar-refractivity contribution in [2.24, 2.45) is 5.92 Å². The molecule has 1 aliphatic carbocycles. The Morgan fingerprint density at radius 1 is 0.909 bits per heavy atom. The zero-order valence-corrected chi connectivity index (χ0v) is 20.7. The highest BCUT2D eigenvalue weighted by Crippen LogP contribution is 2.43. The van der Waals surface area contributed by atoms with E-state index in [1.165, 1.54) is 54.4 Å². The quantitative estimate of drug-likeness (QED) is 0.410. The van der Waals surface area contributed by atoms with E-state index in [1.54, 1.807) is 0 Å². The number of aliphatic hydroxyl groups excluding tert-OH is 3. The molecule has 0 heterocycles. The van der Waals surface area contributed by atoms with Gasteiger partial charge in [0.25, 0.3) is 0 Å². The van der Waals surface area contributed by atoms with Crippen molar-refractivity contribution in [3.05, 3.63) is 75.9 Å². The summed E-state index contributed by atoms with van der Waals surface area (Å²) in [6.07, 6.45) is 12.9. The SMILES string of the molecule is CCc1cc(C2(CCc3ccc(CO)c(CO)c3)CCCCC2)ccc1/C=C/C(O)C(C)C. The van der Waals surface area contributed by atoms with E-state index in [-0.39, 0.29) is 24.5 Å². The van der Waals surface area contributed by atoms with Gasteiger partial charge in [0, 0.05) is 0 Å². The van der Waals surface area contributed by atoms with Crippen molar-refractivity contribution in [3.63, 3.8) is 0 Å². The summed E-state index contributed by atoms with van der Waals surface area (Å²) in [6.45, 7) is 6.21. The van der Waals surface area contributed by atoms with E-state index >= 15 is 0 Å². The van der Waals surface area contributed by atoms with Crippen molar-refractivity contribution in [1.29, 1.82) is 0 Å². The smallest absolute Gasteiger partial charge is 0.0747 e. The Balaban J connectivity index is 1.86. The molecule has 1 unspecified atom stereocenters. The lowest BCUT2D eigenvalue weighted by Gasteiger charge is -2.39. The second kappa shape index (κ2) is 12.0. The van der Waals surface area contributed by atoms with Crippen LogP contribution in [0.1, 0.15) is 92.7 Å². The number of aryl methyl sites for hydroxylation is 2. The summed E-state index contributed by atoms with van der Waals surface area (Å²) in [5.41, 5.74) is 7.08. The molecule has 1 atom stereocenters. The van der Waals surface area contributed by atoms with E-state index in [0.29, 0.717) is 0 Å². The number of hydrogen-bond acceptors (Lipinski definition) is 3. The fourth-order valence-corrected chi connectivity index (χ4v) is 5.26. The van der Waals surface area contributed by atoms with Crippen molar-refractivity contribution in [3.8, 4) is 0 Å². The van der Waals surface area contributed by atoms with Gasteiger partial charge in [-0.25, -0.2) is 0 Å². The van der Waals surface area contributed by atoms with Gasteiger partial charge in [-0.15, -0.1) is 0 Å². The average molecular weight is 451 g/mol. The molecule has 0 spiro atoms. The largest absolute Gasteiger partial charge is 0.392 e. The molecule has 2 aromatic carbocycles. The first-order valence-corrected chi connectivity index (χ1v) is 12.7. The zero-order valence-electron chi connectivity index (χ0n) is 20.7. The molecule has 0 saturated heterocycles. The zero-order chi connectivity index (χ0) is 23.8. The highest BCUT2D eigenvalue weighted by atomic mass is 16.3. The first-order chi connectivity index (χ1) is 15.9. The second-order valence-electron chi connectivity index (χ2n) is 10.1. The van der Waals surface area contributed by atoms with Gasteiger partial charge in [0.2, 0.25) is 0 Å². The standard InChI is InChI=1S/C30H42O3/c1-4-24-19-28(12-10-25(24)11-13-29(33)22(2)3)30(15-6-5-7-16-30)17-14-23-8-9-26(20-31)27(18-23)21-32/h8-13,18-19,22,29,31-33H,4-7,14-17,20-21H2,1-3H3/b13-11+. The highest BCUT2D eigenvalue weighted by Gasteiger charge is 2.33. The van der Waals surface area contributed by atoms with E-state index in [4.69, 9.17) is 0 Å². The van der Waals surface area contributed by atoms with E-state index in [9.17, 15) is 15.3 Å². The summed E-state index contributed by atoms with van der Waals surface area (Å²) in [6, 6.07) is 13.1. The number of aliphatic hydroxyl groups is 3. The van der Waals surface area contributed by atoms with Crippen molar-refractivity contribution in [2.45, 2.75) is 96.9 Å². The maximum Gasteiger partial charge on any atom is 0.0747 e. The van der Waals surface area contributed by atoms with E-state index < -0.39 is 6.10 Å². The van der Waals surface area contributed by atoms with Gasteiger partial charge in [-0.2, -0.15) is 0 Å². The van der Waals surface area contributed by atoms with Crippen molar-refractivity contribution in [2.75, 3.05) is 0 Å². The molecule has 33 heavy (non-hydrogen) atoms. The van der Waals surface area contributed by atoms with Crippen LogP contribution in [0.25, 0.3) is 6.08 Å². The fraction of sp³-hybridized carbons (Fsp3) is 0.533. The van der Waals surface area contributed by atoms with Gasteiger partial charge < -0.3 is 15.3 Å². The molecular formula is C30H42O3. The van der Waals surface area contributed by atoms with Gasteiger partial charge in [0.15, 0.2) is 0 Å². The molecule has 3 rings (SSSR count). The molecule has 1 aliphatic rings. The van der Waals surface area contributed by atoms with E-state index in [1.807, 2.05) is 26.0 Å². The molecule has 180 valence electrons. The minimum Gasteiger partial charge on any atom is -0.392 e. The van der Waals surface area contributed by atoms with Crippen LogP contribution in [0.15, 0.2) is 42.5 Å². The van der Waals surface area contributed by atoms with Gasteiger partial charge >= 0.3 is 0 Å². The number of hydrogen-bond donors (Lipinski definition) is 3. The maximum atomic E-state index is 10.2. The molecule has 1 saturated carbocycles. The second-order valence-corrected chi connectivity index (χ2v) is 10.1. The maximum absolute atomic E-state index is 10.2. The van der Waals surface area contributed by atoms with Crippen LogP contribution in [0, 0.1) is 5.92 Å². The Labute approximate surface area is 200 Å². The topological polar surface area (TPSA) is 60.7 Å². The minimum atomic E-state index is -0.417. The summed E-state index contributed by atoms with van der Waals surface area (Å²) in [4.78, 5) is 0. The van der Waals surface area contributed by atoms with Crippen LogP contribution in [-0.2, 0) is 31.5 Å². The third kappa shape index (κ3) is 6.35. The first-order valence-electron chi connectivity index (χ1n) is 12.7. The summed E-state index contributed by atoms with van der Waals surface area (Å²) in [7, 11) is 0. The van der Waals surface area contributed by atoms with E-state index in [0.717, 1.165) is 30.4 Å². The van der Waals surface area contributed by atoms with Crippen molar-refractivity contribution >= 4 is 6.08 Å². The van der Waals surface area contributed by atoms with Gasteiger partial charge in [-0.05, 0) is 76.8 Å². The van der Waals surface area contributed by atoms with Crippen molar-refractivity contribution < 1.29 is 15.3 Å². The van der Waals surface area contributed by atoms with Crippen LogP contribution >= 0.6 is 0 Å². The molecular weight excluding hydrogens is 408 g/mol. The molecule has 0 amide bonds. The lowest BCUT2D eigenvalue weighted by atomic mass is 9.66. The first kappa shape index (κ1) is 25.7. The Bertz CT molecular complexity index is 922. The third-order valence-corrected chi connectivity index (χ3v) is 7.61. The van der Waals surface area contributed by atoms with Crippen LogP contribution in [-0.4, -0.2) is 21.4 Å². The normalized spacial score (nSPS) is 17.1. The monoisotopic (exact) mass is 450 g/mol. The van der Waals surface area contributed by atoms with Gasteiger partial charge in [0.1, 0.15) is 0 Å². The molecule has 0 aromatic heterocycles. The van der Waals surface area contributed by atoms with Crippen LogP contribution in [0.3, 0.4) is 0 Å². The van der Waals surface area contributed by atoms with Crippen LogP contribution in [0.4, 0.5) is 0 Å². The minimum absolute atomic E-state index is 0.0325. The molecule has 1 fully saturated rings. The van der Waals surface area contributed by atoms with Crippen LogP contribution < -0.4 is 0 Å². The number of benzene rings is 2. The summed E-state index contributed by atoms with van der Waals surface area (Å²) >= 11 is 0. The van der Waals surface area contributed by atoms with Gasteiger partial charge in [-0.3, -0.25) is 0 Å². The molecule has 0 bridgehead atoms. The summed E-state index contributed by atoms with van der Waals surface area (Å²) in [5.74, 6) is 0.217. The summed E-state index contributed by atoms with van der Waals surface area (Å²) < 4.78 is 0. The Kier molecular flexibility index (Phi) is 9.31. The summed E-state index contributed by atoms with van der Waals surface area (Å²) in [5, 5.41) is 29.4. The Hall–Kier alpha value is -1.94. The molecule has 3 N–H and O–H groups in total. The Morgan fingerprint density at radius 3 is 2.27 bits per heavy atom. The lowest BCUT2D eigenvalue weighted by Crippen LogP contribution is -2.30. The molecule has 0 radical (unpaired) electrons. The molecule has 2 aromatic rings. The van der Waals surface area contributed by atoms with E-state index in [2.05, 4.69) is 43.3 Å². The molecule has 3 heteroatoms. The van der Waals surface area contributed by atoms with Crippen LogP contribution in [0.5, 0.6) is 0 Å². The highest BCUT2D eigenvalue weighted by molar-refractivity contribution is 5.56. The molecule has 0 aliphatic heterocycles. The van der Waals surface area contributed by atoms with Crippen LogP contribution in [0.2, 0.25) is 0 Å². The van der Waals surface area contributed by atoms with Crippen molar-refractivity contribution in [1.82, 2.24) is 0 Å².